The Kier molecular flexibility index (Phi) is 4.44. The van der Waals surface area contributed by atoms with Crippen molar-refractivity contribution in [3.8, 4) is 17.6 Å². The lowest BCUT2D eigenvalue weighted by Gasteiger charge is -2.31. The summed E-state index contributed by atoms with van der Waals surface area (Å²) in [5, 5.41) is 9.62. The van der Waals surface area contributed by atoms with E-state index in [2.05, 4.69) is 6.07 Å². The first kappa shape index (κ1) is 16.7. The lowest BCUT2D eigenvalue weighted by molar-refractivity contribution is -0.121. The van der Waals surface area contributed by atoms with Gasteiger partial charge < -0.3 is 9.47 Å². The summed E-state index contributed by atoms with van der Waals surface area (Å²) in [6.07, 6.45) is 2.78. The number of rotatable bonds is 5. The molecule has 2 fully saturated rings. The summed E-state index contributed by atoms with van der Waals surface area (Å²) in [6, 6.07) is 3.12. The van der Waals surface area contributed by atoms with E-state index in [0.29, 0.717) is 12.5 Å². The summed E-state index contributed by atoms with van der Waals surface area (Å²) >= 11 is 0. The Morgan fingerprint density at radius 3 is 2.50 bits per heavy atom. The van der Waals surface area contributed by atoms with Gasteiger partial charge in [0, 0.05) is 18.4 Å². The van der Waals surface area contributed by atoms with E-state index < -0.39 is 17.0 Å². The highest BCUT2D eigenvalue weighted by molar-refractivity contribution is 5.80. The number of nitrogens with zero attached hydrogens (tertiary/aromatic N) is 1. The zero-order chi connectivity index (χ0) is 17.3. The molecule has 0 bridgehead atoms. The van der Waals surface area contributed by atoms with E-state index in [1.807, 2.05) is 0 Å². The van der Waals surface area contributed by atoms with Crippen LogP contribution in [0.2, 0.25) is 0 Å². The summed E-state index contributed by atoms with van der Waals surface area (Å²) < 4.78 is 39.9. The second-order valence-electron chi connectivity index (χ2n) is 6.57. The fraction of sp³-hybridized carbons (Fsp3) is 0.556. The van der Waals surface area contributed by atoms with Gasteiger partial charge in [0.25, 0.3) is 0 Å². The lowest BCUT2D eigenvalue weighted by atomic mass is 9.70. The van der Waals surface area contributed by atoms with Crippen molar-refractivity contribution in [2.45, 2.75) is 43.9 Å². The zero-order valence-corrected chi connectivity index (χ0v) is 13.5. The van der Waals surface area contributed by atoms with Gasteiger partial charge in [-0.3, -0.25) is 4.79 Å². The maximum atomic E-state index is 15.1. The third kappa shape index (κ3) is 2.95. The zero-order valence-electron chi connectivity index (χ0n) is 13.5. The molecule has 0 N–H and O–H groups in total. The van der Waals surface area contributed by atoms with Crippen molar-refractivity contribution in [2.24, 2.45) is 5.92 Å². The van der Waals surface area contributed by atoms with Crippen molar-refractivity contribution in [1.82, 2.24) is 0 Å². The topological polar surface area (TPSA) is 59.3 Å². The van der Waals surface area contributed by atoms with E-state index in [0.717, 1.165) is 18.9 Å². The van der Waals surface area contributed by atoms with Crippen LogP contribution in [0.3, 0.4) is 0 Å². The van der Waals surface area contributed by atoms with Crippen LogP contribution in [-0.4, -0.2) is 19.5 Å². The minimum absolute atomic E-state index is 0.0402. The summed E-state index contributed by atoms with van der Waals surface area (Å²) in [4.78, 5) is 11.5. The number of ketones is 1. The third-order valence-corrected chi connectivity index (χ3v) is 4.89. The number of carbonyl (C=O) groups excluding carboxylic acids is 1. The first-order valence-electron chi connectivity index (χ1n) is 8.13. The van der Waals surface area contributed by atoms with Crippen molar-refractivity contribution >= 4 is 5.78 Å². The molecule has 0 heterocycles. The van der Waals surface area contributed by atoms with Crippen LogP contribution in [0.25, 0.3) is 0 Å². The largest absolute Gasteiger partial charge is 0.490 e. The SMILES string of the molecule is COc1c(F)cc(C2(C#N)CCC(=O)CC2)c(F)c1OCC1CC1. The average Bonchev–Trinajstić information content (AvgIpc) is 3.40. The molecule has 4 nitrogen and oxygen atoms in total. The van der Waals surface area contributed by atoms with E-state index in [1.165, 1.54) is 7.11 Å². The lowest BCUT2D eigenvalue weighted by Crippen LogP contribution is -2.32. The number of Topliss-reactive ketones (excluding diaryl/α,β-unsaturated/α-hetero) is 1. The van der Waals surface area contributed by atoms with Gasteiger partial charge >= 0.3 is 0 Å². The second kappa shape index (κ2) is 6.39. The first-order chi connectivity index (χ1) is 11.5. The van der Waals surface area contributed by atoms with Gasteiger partial charge in [-0.1, -0.05) is 0 Å². The third-order valence-electron chi connectivity index (χ3n) is 4.89. The monoisotopic (exact) mass is 335 g/mol. The average molecular weight is 335 g/mol. The van der Waals surface area contributed by atoms with Gasteiger partial charge in [-0.15, -0.1) is 0 Å². The highest BCUT2D eigenvalue weighted by atomic mass is 19.1. The standard InChI is InChI=1S/C18H19F2NO3/c1-23-16-14(19)8-13(15(20)17(16)24-9-11-2-3-11)18(10-21)6-4-12(22)5-7-18/h8,11H,2-7,9H2,1H3. The van der Waals surface area contributed by atoms with Crippen LogP contribution in [0.4, 0.5) is 8.78 Å². The number of hydrogen-bond acceptors (Lipinski definition) is 4. The minimum Gasteiger partial charge on any atom is -0.490 e. The van der Waals surface area contributed by atoms with Crippen molar-refractivity contribution in [2.75, 3.05) is 13.7 Å². The van der Waals surface area contributed by atoms with E-state index in [-0.39, 0.29) is 48.5 Å². The molecule has 0 aliphatic heterocycles. The van der Waals surface area contributed by atoms with Gasteiger partial charge in [-0.2, -0.15) is 5.26 Å². The van der Waals surface area contributed by atoms with Gasteiger partial charge in [0.2, 0.25) is 5.75 Å². The van der Waals surface area contributed by atoms with Crippen molar-refractivity contribution in [3.63, 3.8) is 0 Å². The molecule has 0 saturated heterocycles. The van der Waals surface area contributed by atoms with E-state index >= 15 is 4.39 Å². The maximum Gasteiger partial charge on any atom is 0.200 e. The Bertz CT molecular complexity index is 697. The number of methoxy groups -OCH3 is 1. The molecule has 1 aromatic carbocycles. The molecule has 0 spiro atoms. The molecule has 0 amide bonds. The first-order valence-corrected chi connectivity index (χ1v) is 8.13. The molecule has 2 aliphatic rings. The van der Waals surface area contributed by atoms with Gasteiger partial charge in [0.1, 0.15) is 5.78 Å². The molecule has 0 atom stereocenters. The van der Waals surface area contributed by atoms with E-state index in [4.69, 9.17) is 9.47 Å². The Morgan fingerprint density at radius 1 is 1.29 bits per heavy atom. The fourth-order valence-corrected chi connectivity index (χ4v) is 3.14. The summed E-state index contributed by atoms with van der Waals surface area (Å²) in [5.74, 6) is -1.67. The highest BCUT2D eigenvalue weighted by Gasteiger charge is 2.41. The Hall–Kier alpha value is -2.16. The van der Waals surface area contributed by atoms with Crippen LogP contribution < -0.4 is 9.47 Å². The number of benzene rings is 1. The Labute approximate surface area is 139 Å². The molecule has 128 valence electrons. The normalized spacial score (nSPS) is 19.7. The molecule has 6 heteroatoms. The molecule has 0 radical (unpaired) electrons. The van der Waals surface area contributed by atoms with Crippen LogP contribution >= 0.6 is 0 Å². The van der Waals surface area contributed by atoms with E-state index in [9.17, 15) is 14.4 Å². The molecule has 2 saturated carbocycles. The number of nitriles is 1. The van der Waals surface area contributed by atoms with Crippen LogP contribution in [0.15, 0.2) is 6.07 Å². The van der Waals surface area contributed by atoms with E-state index in [1.54, 1.807) is 0 Å². The summed E-state index contributed by atoms with van der Waals surface area (Å²) in [6.45, 7) is 0.300. The Morgan fingerprint density at radius 2 is 1.96 bits per heavy atom. The number of ether oxygens (including phenoxy) is 2. The van der Waals surface area contributed by atoms with Crippen molar-refractivity contribution < 1.29 is 23.0 Å². The van der Waals surface area contributed by atoms with Crippen LogP contribution in [0.5, 0.6) is 11.5 Å². The molecule has 0 unspecified atom stereocenters. The van der Waals surface area contributed by atoms with Gasteiger partial charge in [0.05, 0.1) is 25.2 Å². The second-order valence-corrected chi connectivity index (χ2v) is 6.57. The molecule has 0 aromatic heterocycles. The number of hydrogen-bond donors (Lipinski definition) is 0. The molecular weight excluding hydrogens is 316 g/mol. The molecule has 24 heavy (non-hydrogen) atoms. The minimum atomic E-state index is -1.21. The van der Waals surface area contributed by atoms with Crippen LogP contribution in [0, 0.1) is 28.9 Å². The Balaban J connectivity index is 2.03. The predicted molar refractivity (Wildman–Crippen MR) is 81.9 cm³/mol. The van der Waals surface area contributed by atoms with Crippen molar-refractivity contribution in [3.05, 3.63) is 23.3 Å². The molecular formula is C18H19F2NO3. The summed E-state index contributed by atoms with van der Waals surface area (Å²) in [5.41, 5.74) is -1.25. The van der Waals surface area contributed by atoms with Gasteiger partial charge in [-0.05, 0) is 37.7 Å². The van der Waals surface area contributed by atoms with Crippen LogP contribution in [0.1, 0.15) is 44.1 Å². The fourth-order valence-electron chi connectivity index (χ4n) is 3.14. The van der Waals surface area contributed by atoms with Gasteiger partial charge in [0.15, 0.2) is 17.4 Å². The summed E-state index contributed by atoms with van der Waals surface area (Å²) in [7, 11) is 1.25. The number of carbonyl (C=O) groups is 1. The smallest absolute Gasteiger partial charge is 0.200 e. The van der Waals surface area contributed by atoms with Gasteiger partial charge in [-0.25, -0.2) is 8.78 Å². The maximum absolute atomic E-state index is 15.1. The van der Waals surface area contributed by atoms with Crippen LogP contribution in [-0.2, 0) is 10.2 Å². The predicted octanol–water partition coefficient (Wildman–Crippen LogP) is 3.67. The molecule has 3 rings (SSSR count). The van der Waals surface area contributed by atoms with Crippen molar-refractivity contribution in [1.29, 1.82) is 5.26 Å². The quantitative estimate of drug-likeness (QED) is 0.824. The number of halogens is 2. The molecule has 2 aliphatic carbocycles. The highest BCUT2D eigenvalue weighted by Crippen LogP contribution is 2.45. The molecule has 1 aromatic rings.